The lowest BCUT2D eigenvalue weighted by atomic mass is 10.1. The molecule has 0 radical (unpaired) electrons. The molecule has 2 aromatic carbocycles. The lowest BCUT2D eigenvalue weighted by molar-refractivity contribution is -0.121. The molecule has 0 aliphatic heterocycles. The summed E-state index contributed by atoms with van der Waals surface area (Å²) in [6.07, 6.45) is 1.66. The van der Waals surface area contributed by atoms with Gasteiger partial charge in [0.15, 0.2) is 0 Å². The fraction of sp³-hybridized carbons (Fsp3) is 0.118. The predicted octanol–water partition coefficient (Wildman–Crippen LogP) is 3.34. The summed E-state index contributed by atoms with van der Waals surface area (Å²) < 4.78 is 2.77. The van der Waals surface area contributed by atoms with E-state index in [-0.39, 0.29) is 12.5 Å². The molecule has 1 amide bonds. The molecule has 0 bridgehead atoms. The van der Waals surface area contributed by atoms with E-state index in [0.29, 0.717) is 0 Å². The van der Waals surface area contributed by atoms with Crippen molar-refractivity contribution in [3.05, 3.63) is 64.9 Å². The predicted molar refractivity (Wildman–Crippen MR) is 94.2 cm³/mol. The standard InChI is InChI=1S/C17H15BrN4O/c1-12(13-5-4-6-14(18)9-13)20-21-17(23)10-22-11-19-15-7-2-3-8-16(15)22/h2-9,11H,10H2,1H3,(H,21,23)/b20-12-. The largest absolute Gasteiger partial charge is 0.321 e. The quantitative estimate of drug-likeness (QED) is 0.565. The van der Waals surface area contributed by atoms with Crippen LogP contribution in [-0.4, -0.2) is 21.2 Å². The van der Waals surface area contributed by atoms with Gasteiger partial charge in [-0.05, 0) is 36.8 Å². The lowest BCUT2D eigenvalue weighted by Gasteiger charge is -2.05. The number of hydrogen-bond donors (Lipinski definition) is 1. The van der Waals surface area contributed by atoms with Gasteiger partial charge in [-0.3, -0.25) is 4.79 Å². The highest BCUT2D eigenvalue weighted by Gasteiger charge is 2.06. The van der Waals surface area contributed by atoms with E-state index < -0.39 is 0 Å². The molecule has 23 heavy (non-hydrogen) atoms. The molecular weight excluding hydrogens is 356 g/mol. The number of nitrogens with zero attached hydrogens (tertiary/aromatic N) is 3. The summed E-state index contributed by atoms with van der Waals surface area (Å²) >= 11 is 3.42. The minimum atomic E-state index is -0.192. The second-order valence-electron chi connectivity index (χ2n) is 5.10. The van der Waals surface area contributed by atoms with Gasteiger partial charge in [-0.15, -0.1) is 0 Å². The third kappa shape index (κ3) is 3.65. The maximum Gasteiger partial charge on any atom is 0.260 e. The van der Waals surface area contributed by atoms with Gasteiger partial charge in [0.1, 0.15) is 6.54 Å². The number of carbonyl (C=O) groups is 1. The number of aromatic nitrogens is 2. The number of imidazole rings is 1. The molecule has 5 nitrogen and oxygen atoms in total. The number of nitrogens with one attached hydrogen (secondary N) is 1. The van der Waals surface area contributed by atoms with Gasteiger partial charge in [-0.25, -0.2) is 10.4 Å². The fourth-order valence-corrected chi connectivity index (χ4v) is 2.65. The van der Waals surface area contributed by atoms with Gasteiger partial charge in [0, 0.05) is 4.47 Å². The second kappa shape index (κ2) is 6.75. The molecule has 0 aliphatic carbocycles. The number of benzene rings is 2. The number of carbonyl (C=O) groups excluding carboxylic acids is 1. The zero-order valence-corrected chi connectivity index (χ0v) is 14.1. The summed E-state index contributed by atoms with van der Waals surface area (Å²) in [7, 11) is 0. The monoisotopic (exact) mass is 370 g/mol. The Morgan fingerprint density at radius 2 is 2.09 bits per heavy atom. The molecule has 116 valence electrons. The highest BCUT2D eigenvalue weighted by molar-refractivity contribution is 9.10. The Morgan fingerprint density at radius 1 is 1.26 bits per heavy atom. The maximum absolute atomic E-state index is 12.1. The number of hydrogen-bond acceptors (Lipinski definition) is 3. The van der Waals surface area contributed by atoms with Crippen molar-refractivity contribution in [3.8, 4) is 0 Å². The summed E-state index contributed by atoms with van der Waals surface area (Å²) in [5, 5.41) is 4.16. The van der Waals surface area contributed by atoms with Gasteiger partial charge in [-0.1, -0.05) is 40.2 Å². The highest BCUT2D eigenvalue weighted by atomic mass is 79.9. The van der Waals surface area contributed by atoms with Crippen LogP contribution in [0.15, 0.2) is 64.4 Å². The van der Waals surface area contributed by atoms with Crippen LogP contribution in [0.4, 0.5) is 0 Å². The van der Waals surface area contributed by atoms with Gasteiger partial charge in [0.25, 0.3) is 5.91 Å². The summed E-state index contributed by atoms with van der Waals surface area (Å²) in [5.41, 5.74) is 6.08. The first kappa shape index (κ1) is 15.4. The Balaban J connectivity index is 1.69. The molecule has 0 atom stereocenters. The molecular formula is C17H15BrN4O. The summed E-state index contributed by atoms with van der Waals surface area (Å²) in [6.45, 7) is 2.03. The summed E-state index contributed by atoms with van der Waals surface area (Å²) in [6, 6.07) is 15.5. The average Bonchev–Trinajstić information content (AvgIpc) is 2.96. The third-order valence-electron chi connectivity index (χ3n) is 3.43. The molecule has 0 saturated carbocycles. The fourth-order valence-electron chi connectivity index (χ4n) is 2.25. The molecule has 0 aliphatic rings. The smallest absolute Gasteiger partial charge is 0.260 e. The first-order chi connectivity index (χ1) is 11.1. The van der Waals surface area contributed by atoms with E-state index >= 15 is 0 Å². The van der Waals surface area contributed by atoms with Crippen molar-refractivity contribution in [1.82, 2.24) is 15.0 Å². The Hall–Kier alpha value is -2.47. The molecule has 0 saturated heterocycles. The molecule has 6 heteroatoms. The van der Waals surface area contributed by atoms with Crippen LogP contribution in [0.25, 0.3) is 11.0 Å². The minimum Gasteiger partial charge on any atom is -0.321 e. The van der Waals surface area contributed by atoms with Crippen LogP contribution in [0.2, 0.25) is 0 Å². The SMILES string of the molecule is C/C(=N/NC(=O)Cn1cnc2ccccc21)c1cccc(Br)c1. The van der Waals surface area contributed by atoms with E-state index in [1.807, 2.05) is 55.5 Å². The number of para-hydroxylation sites is 2. The van der Waals surface area contributed by atoms with Crippen LogP contribution in [0.1, 0.15) is 12.5 Å². The molecule has 0 unspecified atom stereocenters. The topological polar surface area (TPSA) is 59.3 Å². The van der Waals surface area contributed by atoms with E-state index in [9.17, 15) is 4.79 Å². The number of hydrazone groups is 1. The van der Waals surface area contributed by atoms with Crippen molar-refractivity contribution in [3.63, 3.8) is 0 Å². The minimum absolute atomic E-state index is 0.176. The first-order valence-corrected chi connectivity index (χ1v) is 7.92. The first-order valence-electron chi connectivity index (χ1n) is 7.12. The molecule has 3 aromatic rings. The van der Waals surface area contributed by atoms with Gasteiger partial charge < -0.3 is 4.57 Å². The normalized spacial score (nSPS) is 11.7. The van der Waals surface area contributed by atoms with Crippen molar-refractivity contribution in [2.75, 3.05) is 0 Å². The van der Waals surface area contributed by atoms with E-state index in [1.165, 1.54) is 0 Å². The van der Waals surface area contributed by atoms with E-state index in [1.54, 1.807) is 10.9 Å². The number of fused-ring (bicyclic) bond motifs is 1. The van der Waals surface area contributed by atoms with Crippen LogP contribution in [-0.2, 0) is 11.3 Å². The van der Waals surface area contributed by atoms with Crippen molar-refractivity contribution in [1.29, 1.82) is 0 Å². The Morgan fingerprint density at radius 3 is 2.91 bits per heavy atom. The molecule has 1 N–H and O–H groups in total. The van der Waals surface area contributed by atoms with E-state index in [2.05, 4.69) is 31.4 Å². The van der Waals surface area contributed by atoms with Gasteiger partial charge in [-0.2, -0.15) is 5.10 Å². The summed E-state index contributed by atoms with van der Waals surface area (Å²) in [4.78, 5) is 16.3. The zero-order valence-electron chi connectivity index (χ0n) is 12.5. The van der Waals surface area contributed by atoms with Crippen LogP contribution in [0.5, 0.6) is 0 Å². The third-order valence-corrected chi connectivity index (χ3v) is 3.93. The average molecular weight is 371 g/mol. The lowest BCUT2D eigenvalue weighted by Crippen LogP contribution is -2.24. The molecule has 1 heterocycles. The van der Waals surface area contributed by atoms with Crippen LogP contribution in [0, 0.1) is 0 Å². The molecule has 3 rings (SSSR count). The zero-order chi connectivity index (χ0) is 16.2. The van der Waals surface area contributed by atoms with Crippen molar-refractivity contribution >= 4 is 38.6 Å². The van der Waals surface area contributed by atoms with Gasteiger partial charge >= 0.3 is 0 Å². The van der Waals surface area contributed by atoms with Crippen molar-refractivity contribution in [2.24, 2.45) is 5.10 Å². The van der Waals surface area contributed by atoms with E-state index in [0.717, 1.165) is 26.8 Å². The maximum atomic E-state index is 12.1. The number of halogens is 1. The van der Waals surface area contributed by atoms with Crippen LogP contribution in [0.3, 0.4) is 0 Å². The molecule has 1 aromatic heterocycles. The molecule has 0 spiro atoms. The Kier molecular flexibility index (Phi) is 4.52. The highest BCUT2D eigenvalue weighted by Crippen LogP contribution is 2.13. The van der Waals surface area contributed by atoms with Gasteiger partial charge in [0.2, 0.25) is 0 Å². The van der Waals surface area contributed by atoms with Crippen molar-refractivity contribution < 1.29 is 4.79 Å². The Labute approximate surface area is 142 Å². The number of amides is 1. The Bertz CT molecular complexity index is 885. The van der Waals surface area contributed by atoms with Crippen LogP contribution >= 0.6 is 15.9 Å². The van der Waals surface area contributed by atoms with E-state index in [4.69, 9.17) is 0 Å². The number of rotatable bonds is 4. The summed E-state index contributed by atoms with van der Waals surface area (Å²) in [5.74, 6) is -0.192. The molecule has 0 fully saturated rings. The second-order valence-corrected chi connectivity index (χ2v) is 6.02. The van der Waals surface area contributed by atoms with Crippen molar-refractivity contribution in [2.45, 2.75) is 13.5 Å². The van der Waals surface area contributed by atoms with Crippen LogP contribution < -0.4 is 5.43 Å². The van der Waals surface area contributed by atoms with Gasteiger partial charge in [0.05, 0.1) is 23.1 Å².